The molecule has 1 aliphatic rings. The van der Waals surface area contributed by atoms with Crippen molar-refractivity contribution in [2.75, 3.05) is 11.5 Å². The van der Waals surface area contributed by atoms with Gasteiger partial charge in [-0.05, 0) is 73.2 Å². The zero-order chi connectivity index (χ0) is 43.8. The van der Waals surface area contributed by atoms with Gasteiger partial charge in [0.25, 0.3) is 0 Å². The van der Waals surface area contributed by atoms with Gasteiger partial charge >= 0.3 is 0 Å². The number of nitrogens with two attached hydrogens (primary N) is 2. The van der Waals surface area contributed by atoms with E-state index in [-0.39, 0.29) is 11.6 Å². The first-order valence-electron chi connectivity index (χ1n) is 24.9. The van der Waals surface area contributed by atoms with Gasteiger partial charge in [-0.2, -0.15) is 0 Å². The highest BCUT2D eigenvalue weighted by Crippen LogP contribution is 2.43. The van der Waals surface area contributed by atoms with Crippen molar-refractivity contribution in [1.29, 1.82) is 0 Å². The lowest BCUT2D eigenvalue weighted by molar-refractivity contribution is 0.0974. The van der Waals surface area contributed by atoms with E-state index in [1.165, 1.54) is 202 Å². The van der Waals surface area contributed by atoms with Crippen LogP contribution in [0.25, 0.3) is 0 Å². The van der Waals surface area contributed by atoms with Crippen LogP contribution in [-0.4, -0.2) is 11.6 Å². The van der Waals surface area contributed by atoms with E-state index in [2.05, 4.69) is 50.2 Å². The van der Waals surface area contributed by atoms with Crippen LogP contribution in [0, 0.1) is 0 Å². The molecule has 62 heavy (non-hydrogen) atoms. The summed E-state index contributed by atoms with van der Waals surface area (Å²) in [6.45, 7) is 4.56. The van der Waals surface area contributed by atoms with Crippen molar-refractivity contribution in [2.24, 2.45) is 0 Å². The van der Waals surface area contributed by atoms with Gasteiger partial charge in [0.2, 0.25) is 0 Å². The highest BCUT2D eigenvalue weighted by Gasteiger charge is 2.34. The van der Waals surface area contributed by atoms with E-state index >= 15 is 0 Å². The average Bonchev–Trinajstić information content (AvgIpc) is 3.27. The van der Waals surface area contributed by atoms with Gasteiger partial charge in [0.15, 0.2) is 11.6 Å². The predicted molar refractivity (Wildman–Crippen MR) is 269 cm³/mol. The highest BCUT2D eigenvalue weighted by molar-refractivity contribution is 8.00. The Morgan fingerprint density at radius 1 is 0.371 bits per heavy atom. The molecule has 0 spiro atoms. The van der Waals surface area contributed by atoms with Crippen molar-refractivity contribution in [1.82, 2.24) is 0 Å². The maximum Gasteiger partial charge on any atom is 0.196 e. The molecule has 0 bridgehead atoms. The Bertz CT molecular complexity index is 1830. The maximum absolute atomic E-state index is 14.5. The third kappa shape index (κ3) is 15.9. The van der Waals surface area contributed by atoms with Crippen molar-refractivity contribution in [2.45, 2.75) is 213 Å². The second-order valence-corrected chi connectivity index (χ2v) is 20.1. The lowest BCUT2D eigenvalue weighted by atomic mass is 9.84. The second kappa shape index (κ2) is 28.3. The summed E-state index contributed by atoms with van der Waals surface area (Å²) in [5, 5.41) is 0. The molecule has 4 aromatic carbocycles. The number of anilines is 2. The van der Waals surface area contributed by atoms with E-state index in [1.807, 2.05) is 24.3 Å². The predicted octanol–water partition coefficient (Wildman–Crippen LogP) is 17.2. The molecular formula is C56H78N2O2S2. The summed E-state index contributed by atoms with van der Waals surface area (Å²) in [4.78, 5) is 31.8. The number of ketones is 2. The Balaban J connectivity index is 1.09. The van der Waals surface area contributed by atoms with Gasteiger partial charge in [-0.25, -0.2) is 0 Å². The molecule has 0 atom stereocenters. The summed E-state index contributed by atoms with van der Waals surface area (Å²) in [7, 11) is 0. The molecule has 5 rings (SSSR count). The van der Waals surface area contributed by atoms with E-state index in [4.69, 9.17) is 11.5 Å². The first kappa shape index (κ1) is 49.5. The second-order valence-electron chi connectivity index (χ2n) is 17.9. The van der Waals surface area contributed by atoms with Crippen molar-refractivity contribution in [3.63, 3.8) is 0 Å². The van der Waals surface area contributed by atoms with Crippen LogP contribution in [0.3, 0.4) is 0 Å². The number of rotatable bonds is 32. The van der Waals surface area contributed by atoms with Crippen LogP contribution in [0.1, 0.15) is 224 Å². The standard InChI is InChI=1S/C56H78N2O2S2/c1-3-5-7-9-11-13-15-17-19-21-23-25-27-31-43-37-39-49(47(57)41-43)61-51-35-29-33-45-53(51)56(60)54-46(55(45)59)34-30-36-52(54)62-50-40-38-44(42-48(50)58)32-28-26-24-22-20-18-16-14-12-10-8-6-4-2/h29-30,33-42H,3-28,31-32,57-58H2,1-2H3. The number of hydrogen-bond donors (Lipinski definition) is 2. The zero-order valence-electron chi connectivity index (χ0n) is 38.5. The SMILES string of the molecule is CCCCCCCCCCCCCCCc1ccc(Sc2cccc3c2C(=O)c2c(Sc4ccc(CCCCCCCCCCCCCCC)cc4N)cccc2C3=O)c(N)c1. The van der Waals surface area contributed by atoms with Crippen LogP contribution in [0.2, 0.25) is 0 Å². The number of carbonyl (C=O) groups is 2. The number of aryl methyl sites for hydroxylation is 2. The minimum absolute atomic E-state index is 0.123. The summed E-state index contributed by atoms with van der Waals surface area (Å²) in [5.41, 5.74) is 19.0. The number of nitrogen functional groups attached to an aromatic ring is 2. The number of benzene rings is 4. The lowest BCUT2D eigenvalue weighted by Crippen LogP contribution is -2.22. The van der Waals surface area contributed by atoms with E-state index in [9.17, 15) is 9.59 Å². The monoisotopic (exact) mass is 875 g/mol. The maximum atomic E-state index is 14.5. The minimum Gasteiger partial charge on any atom is -0.398 e. The molecule has 336 valence electrons. The van der Waals surface area contributed by atoms with Gasteiger partial charge < -0.3 is 11.5 Å². The number of fused-ring (bicyclic) bond motifs is 2. The number of unbranched alkanes of at least 4 members (excludes halogenated alkanes) is 24. The number of hydrogen-bond acceptors (Lipinski definition) is 6. The van der Waals surface area contributed by atoms with Gasteiger partial charge in [0.1, 0.15) is 0 Å². The Hall–Kier alpha value is -3.48. The molecule has 4 N–H and O–H groups in total. The van der Waals surface area contributed by atoms with Gasteiger partial charge in [-0.3, -0.25) is 9.59 Å². The van der Waals surface area contributed by atoms with Crippen LogP contribution >= 0.6 is 23.5 Å². The van der Waals surface area contributed by atoms with Gasteiger partial charge in [-0.15, -0.1) is 0 Å². The third-order valence-electron chi connectivity index (χ3n) is 12.7. The third-order valence-corrected chi connectivity index (χ3v) is 15.0. The van der Waals surface area contributed by atoms with Crippen LogP contribution in [0.4, 0.5) is 11.4 Å². The van der Waals surface area contributed by atoms with Gasteiger partial charge in [0.05, 0.1) is 0 Å². The largest absolute Gasteiger partial charge is 0.398 e. The molecule has 0 aliphatic heterocycles. The molecule has 0 aromatic heterocycles. The smallest absolute Gasteiger partial charge is 0.196 e. The van der Waals surface area contributed by atoms with Gasteiger partial charge in [0, 0.05) is 53.2 Å². The van der Waals surface area contributed by atoms with Crippen molar-refractivity contribution >= 4 is 46.5 Å². The topological polar surface area (TPSA) is 86.2 Å². The number of carbonyl (C=O) groups excluding carboxylic acids is 2. The molecule has 4 nitrogen and oxygen atoms in total. The fourth-order valence-electron chi connectivity index (χ4n) is 8.97. The molecule has 0 saturated carbocycles. The highest BCUT2D eigenvalue weighted by atomic mass is 32.2. The Morgan fingerprint density at radius 3 is 1.02 bits per heavy atom. The average molecular weight is 875 g/mol. The van der Waals surface area contributed by atoms with Crippen LogP contribution < -0.4 is 11.5 Å². The summed E-state index contributed by atoms with van der Waals surface area (Å²) < 4.78 is 0. The fraction of sp³-hybridized carbons (Fsp3) is 0.536. The summed E-state index contributed by atoms with van der Waals surface area (Å²) in [5.74, 6) is -0.252. The summed E-state index contributed by atoms with van der Waals surface area (Å²) in [6.07, 6.45) is 37.1. The summed E-state index contributed by atoms with van der Waals surface area (Å²) >= 11 is 2.94. The molecule has 0 heterocycles. The van der Waals surface area contributed by atoms with E-state index in [0.29, 0.717) is 33.6 Å². The van der Waals surface area contributed by atoms with Crippen LogP contribution in [0.15, 0.2) is 92.4 Å². The van der Waals surface area contributed by atoms with E-state index in [1.54, 1.807) is 12.1 Å². The molecule has 6 heteroatoms. The van der Waals surface area contributed by atoms with Crippen LogP contribution in [-0.2, 0) is 12.8 Å². The first-order chi connectivity index (χ1) is 30.4. The Labute approximate surface area is 385 Å². The Morgan fingerprint density at radius 2 is 0.694 bits per heavy atom. The first-order valence-corrected chi connectivity index (χ1v) is 26.5. The molecule has 0 saturated heterocycles. The van der Waals surface area contributed by atoms with E-state index < -0.39 is 0 Å². The molecule has 0 unspecified atom stereocenters. The van der Waals surface area contributed by atoms with Crippen molar-refractivity contribution in [3.05, 3.63) is 106 Å². The summed E-state index contributed by atoms with van der Waals surface area (Å²) in [6, 6.07) is 23.8. The molecule has 1 aliphatic carbocycles. The molecule has 4 aromatic rings. The van der Waals surface area contributed by atoms with E-state index in [0.717, 1.165) is 32.4 Å². The van der Waals surface area contributed by atoms with Crippen molar-refractivity contribution in [3.8, 4) is 0 Å². The lowest BCUT2D eigenvalue weighted by Gasteiger charge is -2.22. The molecule has 0 radical (unpaired) electrons. The quantitative estimate of drug-likeness (QED) is 0.0331. The molecule has 0 fully saturated rings. The zero-order valence-corrected chi connectivity index (χ0v) is 40.1. The van der Waals surface area contributed by atoms with Gasteiger partial charge in [-0.1, -0.05) is 228 Å². The van der Waals surface area contributed by atoms with Crippen LogP contribution in [0.5, 0.6) is 0 Å². The molecular weight excluding hydrogens is 797 g/mol. The normalized spacial score (nSPS) is 12.2. The van der Waals surface area contributed by atoms with Crippen molar-refractivity contribution < 1.29 is 9.59 Å². The molecule has 0 amide bonds. The fourth-order valence-corrected chi connectivity index (χ4v) is 11.0. The Kier molecular flexibility index (Phi) is 22.6. The minimum atomic E-state index is -0.129.